The molecule has 1 aliphatic rings. The maximum Gasteiger partial charge on any atom is 0.120 e. The first kappa shape index (κ1) is 8.42. The van der Waals surface area contributed by atoms with Gasteiger partial charge in [-0.2, -0.15) is 0 Å². The number of methoxy groups -OCH3 is 1. The van der Waals surface area contributed by atoms with E-state index in [1.807, 2.05) is 6.07 Å². The summed E-state index contributed by atoms with van der Waals surface area (Å²) in [6.07, 6.45) is 1.22. The monoisotopic (exact) mass is 177 g/mol. The molecule has 0 radical (unpaired) electrons. The second-order valence-electron chi connectivity index (χ2n) is 3.57. The Labute approximate surface area is 78.9 Å². The van der Waals surface area contributed by atoms with Crippen molar-refractivity contribution in [3.63, 3.8) is 0 Å². The van der Waals surface area contributed by atoms with Crippen LogP contribution in [0.3, 0.4) is 0 Å². The number of ether oxygens (including phenoxy) is 1. The molecule has 70 valence electrons. The number of rotatable bonds is 1. The van der Waals surface area contributed by atoms with E-state index in [0.29, 0.717) is 5.92 Å². The maximum absolute atomic E-state index is 5.18. The van der Waals surface area contributed by atoms with Gasteiger partial charge in [-0.15, -0.1) is 0 Å². The van der Waals surface area contributed by atoms with Crippen LogP contribution in [0.25, 0.3) is 0 Å². The molecule has 1 N–H and O–H groups in total. The van der Waals surface area contributed by atoms with Gasteiger partial charge >= 0.3 is 0 Å². The highest BCUT2D eigenvalue weighted by Gasteiger charge is 2.15. The largest absolute Gasteiger partial charge is 0.497 e. The SMILES string of the molecule is COc1ccc2c(c1)NCC[C@@H]2C. The van der Waals surface area contributed by atoms with Crippen molar-refractivity contribution < 1.29 is 4.74 Å². The highest BCUT2D eigenvalue weighted by molar-refractivity contribution is 5.58. The lowest BCUT2D eigenvalue weighted by Gasteiger charge is -2.24. The van der Waals surface area contributed by atoms with E-state index < -0.39 is 0 Å². The van der Waals surface area contributed by atoms with Gasteiger partial charge in [0.1, 0.15) is 5.75 Å². The molecular weight excluding hydrogens is 162 g/mol. The molecule has 1 heterocycles. The van der Waals surface area contributed by atoms with Crippen molar-refractivity contribution in [3.05, 3.63) is 23.8 Å². The summed E-state index contributed by atoms with van der Waals surface area (Å²) in [6.45, 7) is 3.34. The van der Waals surface area contributed by atoms with Crippen molar-refractivity contribution in [2.75, 3.05) is 19.0 Å². The summed E-state index contributed by atoms with van der Waals surface area (Å²) in [7, 11) is 1.70. The lowest BCUT2D eigenvalue weighted by molar-refractivity contribution is 0.414. The van der Waals surface area contributed by atoms with Gasteiger partial charge in [-0.05, 0) is 24.0 Å². The number of hydrogen-bond donors (Lipinski definition) is 1. The van der Waals surface area contributed by atoms with Gasteiger partial charge in [0.05, 0.1) is 7.11 Å². The molecule has 2 heteroatoms. The van der Waals surface area contributed by atoms with Crippen LogP contribution in [0, 0.1) is 0 Å². The molecule has 1 atom stereocenters. The Hall–Kier alpha value is -1.18. The minimum Gasteiger partial charge on any atom is -0.497 e. The molecule has 0 fully saturated rings. The molecular formula is C11H15NO. The molecule has 0 saturated heterocycles. The summed E-state index contributed by atoms with van der Waals surface area (Å²) in [6, 6.07) is 6.26. The first-order chi connectivity index (χ1) is 6.31. The molecule has 0 spiro atoms. The first-order valence-electron chi connectivity index (χ1n) is 4.73. The summed E-state index contributed by atoms with van der Waals surface area (Å²) < 4.78 is 5.18. The van der Waals surface area contributed by atoms with Crippen molar-refractivity contribution in [3.8, 4) is 5.75 Å². The fourth-order valence-corrected chi connectivity index (χ4v) is 1.82. The lowest BCUT2D eigenvalue weighted by atomic mass is 9.93. The quantitative estimate of drug-likeness (QED) is 0.712. The second-order valence-corrected chi connectivity index (χ2v) is 3.57. The summed E-state index contributed by atoms with van der Waals surface area (Å²) in [4.78, 5) is 0. The third-order valence-electron chi connectivity index (χ3n) is 2.68. The average Bonchev–Trinajstić information content (AvgIpc) is 2.18. The highest BCUT2D eigenvalue weighted by Crippen LogP contribution is 2.33. The van der Waals surface area contributed by atoms with Gasteiger partial charge in [0.15, 0.2) is 0 Å². The molecule has 1 aromatic carbocycles. The van der Waals surface area contributed by atoms with Crippen LogP contribution in [0.5, 0.6) is 5.75 Å². The molecule has 0 bridgehead atoms. The van der Waals surface area contributed by atoms with Crippen LogP contribution >= 0.6 is 0 Å². The zero-order chi connectivity index (χ0) is 9.26. The Morgan fingerprint density at radius 1 is 1.46 bits per heavy atom. The van der Waals surface area contributed by atoms with Crippen molar-refractivity contribution in [2.45, 2.75) is 19.3 Å². The predicted octanol–water partition coefficient (Wildman–Crippen LogP) is 2.61. The fourth-order valence-electron chi connectivity index (χ4n) is 1.82. The zero-order valence-electron chi connectivity index (χ0n) is 8.13. The standard InChI is InChI=1S/C11H15NO/c1-8-5-6-12-11-7-9(13-2)3-4-10(8)11/h3-4,7-8,12H,5-6H2,1-2H3/t8-/m0/s1. The van der Waals surface area contributed by atoms with Gasteiger partial charge in [0.2, 0.25) is 0 Å². The molecule has 0 aliphatic carbocycles. The minimum absolute atomic E-state index is 0.669. The Morgan fingerprint density at radius 3 is 3.08 bits per heavy atom. The fraction of sp³-hybridized carbons (Fsp3) is 0.455. The van der Waals surface area contributed by atoms with Crippen LogP contribution in [0.4, 0.5) is 5.69 Å². The van der Waals surface area contributed by atoms with Crippen LogP contribution in [-0.2, 0) is 0 Å². The molecule has 1 aliphatic heterocycles. The molecule has 2 rings (SSSR count). The molecule has 0 unspecified atom stereocenters. The van der Waals surface area contributed by atoms with Crippen molar-refractivity contribution >= 4 is 5.69 Å². The average molecular weight is 177 g/mol. The number of hydrogen-bond acceptors (Lipinski definition) is 2. The molecule has 2 nitrogen and oxygen atoms in total. The van der Waals surface area contributed by atoms with Crippen LogP contribution in [0.15, 0.2) is 18.2 Å². The number of fused-ring (bicyclic) bond motifs is 1. The predicted molar refractivity (Wildman–Crippen MR) is 54.5 cm³/mol. The third-order valence-corrected chi connectivity index (χ3v) is 2.68. The molecule has 0 amide bonds. The highest BCUT2D eigenvalue weighted by atomic mass is 16.5. The van der Waals surface area contributed by atoms with Crippen molar-refractivity contribution in [2.24, 2.45) is 0 Å². The van der Waals surface area contributed by atoms with E-state index in [0.717, 1.165) is 12.3 Å². The van der Waals surface area contributed by atoms with Crippen LogP contribution < -0.4 is 10.1 Å². The lowest BCUT2D eigenvalue weighted by Crippen LogP contribution is -2.14. The zero-order valence-corrected chi connectivity index (χ0v) is 8.13. The van der Waals surface area contributed by atoms with Crippen LogP contribution in [-0.4, -0.2) is 13.7 Å². The molecule has 0 saturated carbocycles. The summed E-state index contributed by atoms with van der Waals surface area (Å²) in [5.41, 5.74) is 2.64. The number of anilines is 1. The van der Waals surface area contributed by atoms with Gasteiger partial charge in [0, 0.05) is 18.3 Å². The van der Waals surface area contributed by atoms with E-state index in [-0.39, 0.29) is 0 Å². The second kappa shape index (κ2) is 3.29. The van der Waals surface area contributed by atoms with E-state index in [1.165, 1.54) is 17.7 Å². The Balaban J connectivity index is 2.39. The molecule has 0 aromatic heterocycles. The van der Waals surface area contributed by atoms with E-state index in [1.54, 1.807) is 7.11 Å². The van der Waals surface area contributed by atoms with Crippen LogP contribution in [0.1, 0.15) is 24.8 Å². The third kappa shape index (κ3) is 1.48. The van der Waals surface area contributed by atoms with Gasteiger partial charge in [-0.1, -0.05) is 13.0 Å². The van der Waals surface area contributed by atoms with Gasteiger partial charge < -0.3 is 10.1 Å². The van der Waals surface area contributed by atoms with E-state index >= 15 is 0 Å². The minimum atomic E-state index is 0.669. The number of benzene rings is 1. The Bertz CT molecular complexity index is 309. The van der Waals surface area contributed by atoms with Gasteiger partial charge in [-0.25, -0.2) is 0 Å². The summed E-state index contributed by atoms with van der Waals surface area (Å²) >= 11 is 0. The topological polar surface area (TPSA) is 21.3 Å². The Morgan fingerprint density at radius 2 is 2.31 bits per heavy atom. The maximum atomic E-state index is 5.18. The number of nitrogens with one attached hydrogen (secondary N) is 1. The first-order valence-corrected chi connectivity index (χ1v) is 4.73. The Kier molecular flexibility index (Phi) is 2.13. The molecule has 13 heavy (non-hydrogen) atoms. The van der Waals surface area contributed by atoms with Crippen molar-refractivity contribution in [1.82, 2.24) is 0 Å². The summed E-state index contributed by atoms with van der Waals surface area (Å²) in [5.74, 6) is 1.60. The van der Waals surface area contributed by atoms with E-state index in [2.05, 4.69) is 24.4 Å². The summed E-state index contributed by atoms with van der Waals surface area (Å²) in [5, 5.41) is 3.39. The van der Waals surface area contributed by atoms with E-state index in [4.69, 9.17) is 4.74 Å². The van der Waals surface area contributed by atoms with Crippen molar-refractivity contribution in [1.29, 1.82) is 0 Å². The smallest absolute Gasteiger partial charge is 0.120 e. The molecule has 1 aromatic rings. The van der Waals surface area contributed by atoms with Gasteiger partial charge in [0.25, 0.3) is 0 Å². The normalized spacial score (nSPS) is 20.3. The van der Waals surface area contributed by atoms with E-state index in [9.17, 15) is 0 Å². The van der Waals surface area contributed by atoms with Gasteiger partial charge in [-0.3, -0.25) is 0 Å². The van der Waals surface area contributed by atoms with Crippen LogP contribution in [0.2, 0.25) is 0 Å².